The summed E-state index contributed by atoms with van der Waals surface area (Å²) in [4.78, 5) is 27.0. The molecule has 5 rings (SSSR count). The number of rotatable bonds is 2. The molecule has 29 heavy (non-hydrogen) atoms. The van der Waals surface area contributed by atoms with E-state index in [0.717, 1.165) is 0 Å². The molecular formula is C22H15N5O2. The molecule has 0 saturated heterocycles. The Hall–Kier alpha value is -4.26. The van der Waals surface area contributed by atoms with E-state index in [1.165, 1.54) is 16.3 Å². The van der Waals surface area contributed by atoms with Crippen molar-refractivity contribution < 1.29 is 9.59 Å². The number of benzene rings is 3. The molecule has 140 valence electrons. The molecule has 0 N–H and O–H groups in total. The summed E-state index contributed by atoms with van der Waals surface area (Å²) in [6.45, 7) is 0. The molecule has 0 bridgehead atoms. The van der Waals surface area contributed by atoms with E-state index in [0.29, 0.717) is 22.5 Å². The van der Waals surface area contributed by atoms with Crippen molar-refractivity contribution in [2.75, 3.05) is 10.0 Å². The number of hydrogen-bond acceptors (Lipinski definition) is 4. The first-order valence-corrected chi connectivity index (χ1v) is 9.04. The fraction of sp³-hybridized carbons (Fsp3) is 0. The van der Waals surface area contributed by atoms with E-state index in [1.54, 1.807) is 59.2 Å². The maximum Gasteiger partial charge on any atom is 0.280 e. The van der Waals surface area contributed by atoms with E-state index in [-0.39, 0.29) is 17.8 Å². The van der Waals surface area contributed by atoms with Crippen molar-refractivity contribution in [1.82, 2.24) is 14.8 Å². The summed E-state index contributed by atoms with van der Waals surface area (Å²) in [5.74, 6) is -0.461. The fourth-order valence-electron chi connectivity index (χ4n) is 3.38. The number of para-hydroxylation sites is 2. The topological polar surface area (TPSA) is 71.3 Å². The summed E-state index contributed by atoms with van der Waals surface area (Å²) in [6, 6.07) is 25.0. The van der Waals surface area contributed by atoms with Crippen molar-refractivity contribution in [2.45, 2.75) is 0 Å². The van der Waals surface area contributed by atoms with Crippen molar-refractivity contribution in [3.8, 4) is 5.69 Å². The Bertz CT molecular complexity index is 1200. The Labute approximate surface area is 166 Å². The molecule has 7 nitrogen and oxygen atoms in total. The van der Waals surface area contributed by atoms with Gasteiger partial charge in [-0.15, -0.1) is 10.2 Å². The number of aromatic nitrogens is 3. The number of amides is 2. The van der Waals surface area contributed by atoms with Crippen LogP contribution < -0.4 is 10.0 Å². The lowest BCUT2D eigenvalue weighted by Crippen LogP contribution is -2.54. The van der Waals surface area contributed by atoms with E-state index in [9.17, 15) is 9.59 Å². The van der Waals surface area contributed by atoms with Gasteiger partial charge in [-0.05, 0) is 36.4 Å². The van der Waals surface area contributed by atoms with Gasteiger partial charge in [0.1, 0.15) is 6.33 Å². The number of hydrazine groups is 1. The Kier molecular flexibility index (Phi) is 3.91. The van der Waals surface area contributed by atoms with Gasteiger partial charge in [0, 0.05) is 11.1 Å². The quantitative estimate of drug-likeness (QED) is 0.533. The smallest absolute Gasteiger partial charge is 0.267 e. The molecule has 0 fully saturated rings. The molecule has 0 spiro atoms. The van der Waals surface area contributed by atoms with E-state index in [4.69, 9.17) is 0 Å². The highest BCUT2D eigenvalue weighted by molar-refractivity contribution is 6.17. The summed E-state index contributed by atoms with van der Waals surface area (Å²) >= 11 is 0. The van der Waals surface area contributed by atoms with Gasteiger partial charge in [0.15, 0.2) is 0 Å². The average Bonchev–Trinajstić information content (AvgIpc) is 3.28. The number of carbonyl (C=O) groups excluding carboxylic acids is 2. The first-order chi connectivity index (χ1) is 14.3. The minimum Gasteiger partial charge on any atom is -0.267 e. The third-order valence-electron chi connectivity index (χ3n) is 4.71. The molecule has 0 unspecified atom stereocenters. The zero-order valence-electron chi connectivity index (χ0n) is 15.2. The van der Waals surface area contributed by atoms with Crippen LogP contribution in [0.4, 0.5) is 11.6 Å². The van der Waals surface area contributed by atoms with Gasteiger partial charge in [0.2, 0.25) is 0 Å². The Morgan fingerprint density at radius 1 is 0.621 bits per heavy atom. The lowest BCUT2D eigenvalue weighted by Gasteiger charge is -2.38. The molecule has 0 radical (unpaired) electrons. The first-order valence-electron chi connectivity index (χ1n) is 9.04. The first kappa shape index (κ1) is 16.9. The van der Waals surface area contributed by atoms with Crippen LogP contribution in [-0.4, -0.2) is 26.6 Å². The number of carbonyl (C=O) groups is 2. The van der Waals surface area contributed by atoms with Crippen LogP contribution in [0.25, 0.3) is 5.69 Å². The van der Waals surface area contributed by atoms with Crippen LogP contribution in [0, 0.1) is 0 Å². The maximum absolute atomic E-state index is 13.5. The number of anilines is 2. The Morgan fingerprint density at radius 3 is 1.76 bits per heavy atom. The number of fused-ring (bicyclic) bond motifs is 3. The normalized spacial score (nSPS) is 12.3. The minimum atomic E-state index is -0.376. The summed E-state index contributed by atoms with van der Waals surface area (Å²) < 4.78 is 1.70. The van der Waals surface area contributed by atoms with Crippen molar-refractivity contribution in [3.63, 3.8) is 0 Å². The largest absolute Gasteiger partial charge is 0.280 e. The number of nitrogens with zero attached hydrogens (tertiary/aromatic N) is 5. The Morgan fingerprint density at radius 2 is 1.14 bits per heavy atom. The molecule has 1 aliphatic rings. The lowest BCUT2D eigenvalue weighted by atomic mass is 10.1. The lowest BCUT2D eigenvalue weighted by molar-refractivity contribution is 0.0919. The third-order valence-corrected chi connectivity index (χ3v) is 4.71. The molecule has 2 heterocycles. The van der Waals surface area contributed by atoms with E-state index in [2.05, 4.69) is 10.2 Å². The van der Waals surface area contributed by atoms with Crippen molar-refractivity contribution in [3.05, 3.63) is 102 Å². The molecule has 3 aromatic carbocycles. The third kappa shape index (κ3) is 2.68. The summed E-state index contributed by atoms with van der Waals surface area (Å²) in [5, 5.41) is 10.8. The maximum atomic E-state index is 13.5. The van der Waals surface area contributed by atoms with Crippen molar-refractivity contribution in [1.29, 1.82) is 0 Å². The average molecular weight is 381 g/mol. The van der Waals surface area contributed by atoms with Crippen LogP contribution in [0.1, 0.15) is 20.7 Å². The van der Waals surface area contributed by atoms with Crippen LogP contribution in [-0.2, 0) is 0 Å². The molecule has 1 aromatic heterocycles. The van der Waals surface area contributed by atoms with E-state index in [1.807, 2.05) is 30.3 Å². The monoisotopic (exact) mass is 381 g/mol. The van der Waals surface area contributed by atoms with E-state index >= 15 is 0 Å². The molecule has 0 saturated carbocycles. The van der Waals surface area contributed by atoms with Crippen LogP contribution in [0.2, 0.25) is 0 Å². The molecule has 1 aliphatic heterocycles. The second kappa shape index (κ2) is 6.72. The summed E-state index contributed by atoms with van der Waals surface area (Å²) in [5.41, 5.74) is 2.18. The zero-order chi connectivity index (χ0) is 19.8. The van der Waals surface area contributed by atoms with Gasteiger partial charge in [-0.2, -0.15) is 5.01 Å². The van der Waals surface area contributed by atoms with Gasteiger partial charge in [0.25, 0.3) is 17.8 Å². The molecular weight excluding hydrogens is 366 g/mol. The second-order valence-corrected chi connectivity index (χ2v) is 6.46. The minimum absolute atomic E-state index is 0.252. The van der Waals surface area contributed by atoms with Gasteiger partial charge in [-0.1, -0.05) is 48.5 Å². The van der Waals surface area contributed by atoms with E-state index < -0.39 is 0 Å². The van der Waals surface area contributed by atoms with Gasteiger partial charge in [-0.3, -0.25) is 14.2 Å². The SMILES string of the molecule is O=C(c1ccccc1)N1c2ccccc2-n2cnnc2N1C(=O)c1ccccc1. The second-order valence-electron chi connectivity index (χ2n) is 6.46. The van der Waals surface area contributed by atoms with Gasteiger partial charge in [0.05, 0.1) is 11.4 Å². The van der Waals surface area contributed by atoms with Gasteiger partial charge in [-0.25, -0.2) is 5.01 Å². The predicted molar refractivity (Wildman–Crippen MR) is 108 cm³/mol. The molecule has 7 heteroatoms. The Balaban J connectivity index is 1.72. The fourth-order valence-corrected chi connectivity index (χ4v) is 3.38. The standard InChI is InChI=1S/C22H15N5O2/c28-20(16-9-3-1-4-10-16)26-19-14-8-7-13-18(19)25-15-23-24-22(25)27(26)21(29)17-11-5-2-6-12-17/h1-15H. The predicted octanol–water partition coefficient (Wildman–Crippen LogP) is 3.49. The molecule has 0 aliphatic carbocycles. The highest BCUT2D eigenvalue weighted by atomic mass is 16.2. The zero-order valence-corrected chi connectivity index (χ0v) is 15.2. The highest BCUT2D eigenvalue weighted by Crippen LogP contribution is 2.36. The van der Waals surface area contributed by atoms with Crippen LogP contribution >= 0.6 is 0 Å². The van der Waals surface area contributed by atoms with Gasteiger partial charge >= 0.3 is 0 Å². The van der Waals surface area contributed by atoms with Crippen LogP contribution in [0.3, 0.4) is 0 Å². The summed E-state index contributed by atoms with van der Waals surface area (Å²) in [6.07, 6.45) is 1.53. The molecule has 0 atom stereocenters. The van der Waals surface area contributed by atoms with Crippen molar-refractivity contribution >= 4 is 23.5 Å². The molecule has 2 amide bonds. The summed E-state index contributed by atoms with van der Waals surface area (Å²) in [7, 11) is 0. The van der Waals surface area contributed by atoms with Gasteiger partial charge < -0.3 is 0 Å². The number of hydrogen-bond donors (Lipinski definition) is 0. The van der Waals surface area contributed by atoms with Crippen LogP contribution in [0.5, 0.6) is 0 Å². The van der Waals surface area contributed by atoms with Crippen molar-refractivity contribution in [2.24, 2.45) is 0 Å². The highest BCUT2D eigenvalue weighted by Gasteiger charge is 2.39. The molecule has 4 aromatic rings. The van der Waals surface area contributed by atoms with Crippen LogP contribution in [0.15, 0.2) is 91.3 Å².